The van der Waals surface area contributed by atoms with E-state index in [4.69, 9.17) is 0 Å². The summed E-state index contributed by atoms with van der Waals surface area (Å²) >= 11 is 0. The Morgan fingerprint density at radius 3 is 2.00 bits per heavy atom. The number of carbonyl (C=O) groups is 4. The molecular formula is C34H31F3N4O5. The number of carbonyl (C=O) groups excluding carboxylic acids is 4. The van der Waals surface area contributed by atoms with Crippen LogP contribution in [0.5, 0.6) is 0 Å². The smallest absolute Gasteiger partial charge is 0.386 e. The summed E-state index contributed by atoms with van der Waals surface area (Å²) in [6.45, 7) is 0.451. The zero-order chi connectivity index (χ0) is 32.9. The van der Waals surface area contributed by atoms with E-state index in [-0.39, 0.29) is 6.42 Å². The number of pyridine rings is 1. The van der Waals surface area contributed by atoms with E-state index in [9.17, 15) is 32.3 Å². The molecule has 3 N–H and O–H groups in total. The maximum absolute atomic E-state index is 13.7. The molecule has 0 saturated heterocycles. The average Bonchev–Trinajstić information content (AvgIpc) is 3.06. The van der Waals surface area contributed by atoms with Crippen LogP contribution < -0.4 is 16.0 Å². The maximum Gasteiger partial charge on any atom is 0.491 e. The van der Waals surface area contributed by atoms with E-state index in [1.54, 1.807) is 72.9 Å². The number of amides is 2. The molecule has 9 nitrogen and oxygen atoms in total. The minimum Gasteiger partial charge on any atom is -0.386 e. The molecule has 0 radical (unpaired) electrons. The molecule has 2 atom stereocenters. The Morgan fingerprint density at radius 2 is 1.37 bits per heavy atom. The number of anilines is 1. The monoisotopic (exact) mass is 632 g/mol. The van der Waals surface area contributed by atoms with Gasteiger partial charge in [0.1, 0.15) is 11.9 Å². The summed E-state index contributed by atoms with van der Waals surface area (Å²) in [7, 11) is 0. The normalized spacial score (nSPS) is 12.3. The van der Waals surface area contributed by atoms with E-state index in [2.05, 4.69) is 25.7 Å². The second kappa shape index (κ2) is 16.0. The molecule has 0 aliphatic rings. The minimum atomic E-state index is -5.37. The predicted molar refractivity (Wildman–Crippen MR) is 164 cm³/mol. The first kappa shape index (κ1) is 33.4. The number of ether oxygens (including phenoxy) is 1. The maximum atomic E-state index is 13.7. The Morgan fingerprint density at radius 1 is 0.739 bits per heavy atom. The molecular weight excluding hydrogens is 601 g/mol. The topological polar surface area (TPSA) is 126 Å². The number of esters is 2. The molecule has 0 bridgehead atoms. The molecule has 2 amide bonds. The number of halogens is 3. The summed E-state index contributed by atoms with van der Waals surface area (Å²) in [6.07, 6.45) is -4.01. The van der Waals surface area contributed by atoms with Crippen molar-refractivity contribution in [1.29, 1.82) is 0 Å². The summed E-state index contributed by atoms with van der Waals surface area (Å²) in [5, 5.41) is 8.47. The lowest BCUT2D eigenvalue weighted by Gasteiger charge is -2.24. The van der Waals surface area contributed by atoms with Crippen molar-refractivity contribution in [3.05, 3.63) is 120 Å². The van der Waals surface area contributed by atoms with Gasteiger partial charge in [-0.15, -0.1) is 0 Å². The van der Waals surface area contributed by atoms with E-state index in [1.165, 1.54) is 0 Å². The second-order valence-corrected chi connectivity index (χ2v) is 10.2. The van der Waals surface area contributed by atoms with Crippen molar-refractivity contribution < 1.29 is 37.1 Å². The van der Waals surface area contributed by atoms with E-state index < -0.39 is 48.4 Å². The molecule has 1 heterocycles. The molecule has 12 heteroatoms. The van der Waals surface area contributed by atoms with Gasteiger partial charge in [-0.25, -0.2) is 9.78 Å². The number of benzene rings is 3. The molecule has 4 aromatic rings. The molecule has 1 aromatic heterocycles. The highest BCUT2D eigenvalue weighted by Crippen LogP contribution is 2.26. The molecule has 0 spiro atoms. The highest BCUT2D eigenvalue weighted by atomic mass is 19.4. The van der Waals surface area contributed by atoms with Crippen molar-refractivity contribution in [2.75, 3.05) is 11.9 Å². The summed E-state index contributed by atoms with van der Waals surface area (Å²) in [5.74, 6) is -4.64. The van der Waals surface area contributed by atoms with Crippen molar-refractivity contribution in [1.82, 2.24) is 15.6 Å². The Bertz CT molecular complexity index is 1600. The fourth-order valence-corrected chi connectivity index (χ4v) is 4.53. The lowest BCUT2D eigenvalue weighted by molar-refractivity contribution is -0.202. The van der Waals surface area contributed by atoms with E-state index in [1.807, 2.05) is 36.4 Å². The Labute approximate surface area is 263 Å². The summed E-state index contributed by atoms with van der Waals surface area (Å²) in [4.78, 5) is 54.5. The van der Waals surface area contributed by atoms with Crippen molar-refractivity contribution in [3.8, 4) is 11.1 Å². The van der Waals surface area contributed by atoms with Crippen molar-refractivity contribution in [2.24, 2.45) is 0 Å². The SMILES string of the molecule is O=C(CCCNc1ccccn1)N[C@H](C(=O)NC(CC(=O)OC(=O)C(F)(F)F)c1ccc(-c2ccccc2)cc1)c1ccccc1. The van der Waals surface area contributed by atoms with E-state index in [0.29, 0.717) is 29.9 Å². The fourth-order valence-electron chi connectivity index (χ4n) is 4.53. The van der Waals surface area contributed by atoms with Gasteiger partial charge >= 0.3 is 18.1 Å². The van der Waals surface area contributed by atoms with Crippen molar-refractivity contribution in [2.45, 2.75) is 37.5 Å². The molecule has 0 fully saturated rings. The number of hydrogen-bond acceptors (Lipinski definition) is 7. The first-order valence-electron chi connectivity index (χ1n) is 14.4. The summed E-state index contributed by atoms with van der Waals surface area (Å²) in [5.41, 5.74) is 2.51. The van der Waals surface area contributed by atoms with E-state index in [0.717, 1.165) is 11.1 Å². The Kier molecular flexibility index (Phi) is 11.6. The van der Waals surface area contributed by atoms with Gasteiger partial charge in [-0.2, -0.15) is 13.2 Å². The van der Waals surface area contributed by atoms with Crippen LogP contribution in [0.15, 0.2) is 109 Å². The van der Waals surface area contributed by atoms with Crippen LogP contribution in [0.3, 0.4) is 0 Å². The molecule has 0 aliphatic heterocycles. The Balaban J connectivity index is 1.50. The average molecular weight is 633 g/mol. The quantitative estimate of drug-likeness (QED) is 0.0984. The van der Waals surface area contributed by atoms with Crippen LogP contribution in [0.25, 0.3) is 11.1 Å². The third-order valence-electron chi connectivity index (χ3n) is 6.80. The van der Waals surface area contributed by atoms with E-state index >= 15 is 0 Å². The Hall–Kier alpha value is -5.52. The largest absolute Gasteiger partial charge is 0.491 e. The van der Waals surface area contributed by atoms with Gasteiger partial charge in [-0.1, -0.05) is 91.0 Å². The highest BCUT2D eigenvalue weighted by Gasteiger charge is 2.42. The minimum absolute atomic E-state index is 0.0761. The van der Waals surface area contributed by atoms with Crippen LogP contribution >= 0.6 is 0 Å². The third kappa shape index (κ3) is 10.0. The van der Waals surface area contributed by atoms with Crippen LogP contribution in [0, 0.1) is 0 Å². The molecule has 0 aliphatic carbocycles. The lowest BCUT2D eigenvalue weighted by atomic mass is 9.98. The third-order valence-corrected chi connectivity index (χ3v) is 6.80. The molecule has 46 heavy (non-hydrogen) atoms. The first-order valence-corrected chi connectivity index (χ1v) is 14.4. The molecule has 4 rings (SSSR count). The number of aromatic nitrogens is 1. The van der Waals surface area contributed by atoms with Gasteiger partial charge in [0.2, 0.25) is 11.8 Å². The van der Waals surface area contributed by atoms with Gasteiger partial charge in [-0.3, -0.25) is 14.4 Å². The van der Waals surface area contributed by atoms with Gasteiger partial charge in [0, 0.05) is 19.2 Å². The standard InChI is InChI=1S/C34H31F3N4O5/c35-34(36,37)33(45)46-30(43)22-27(25-18-16-24(17-19-25)23-10-3-1-4-11-23)40-32(44)31(26-12-5-2-6-13-26)41-29(42)15-9-21-39-28-14-7-8-20-38-28/h1-8,10-14,16-20,27,31H,9,15,21-22H2,(H,38,39)(H,40,44)(H,41,42)/t27?,31-/m0/s1. The molecule has 3 aromatic carbocycles. The van der Waals surface area contributed by atoms with Gasteiger partial charge in [0.25, 0.3) is 0 Å². The van der Waals surface area contributed by atoms with Gasteiger partial charge in [0.05, 0.1) is 12.5 Å². The lowest BCUT2D eigenvalue weighted by Crippen LogP contribution is -2.42. The van der Waals surface area contributed by atoms with Crippen molar-refractivity contribution >= 4 is 29.6 Å². The summed E-state index contributed by atoms with van der Waals surface area (Å²) < 4.78 is 42.3. The van der Waals surface area contributed by atoms with Crippen LogP contribution in [-0.4, -0.2) is 41.5 Å². The number of nitrogens with zero attached hydrogens (tertiary/aromatic N) is 1. The zero-order valence-corrected chi connectivity index (χ0v) is 24.5. The predicted octanol–water partition coefficient (Wildman–Crippen LogP) is 5.68. The van der Waals surface area contributed by atoms with Gasteiger partial charge in [-0.05, 0) is 40.8 Å². The van der Waals surface area contributed by atoms with Crippen LogP contribution in [-0.2, 0) is 23.9 Å². The number of rotatable bonds is 13. The van der Waals surface area contributed by atoms with Crippen LogP contribution in [0.2, 0.25) is 0 Å². The van der Waals surface area contributed by atoms with Crippen LogP contribution in [0.1, 0.15) is 42.5 Å². The number of alkyl halides is 3. The number of nitrogens with one attached hydrogen (secondary N) is 3. The second-order valence-electron chi connectivity index (χ2n) is 10.2. The zero-order valence-electron chi connectivity index (χ0n) is 24.5. The molecule has 238 valence electrons. The molecule has 0 saturated carbocycles. The van der Waals surface area contributed by atoms with Crippen molar-refractivity contribution in [3.63, 3.8) is 0 Å². The highest BCUT2D eigenvalue weighted by molar-refractivity contribution is 5.91. The fraction of sp³-hybridized carbons (Fsp3) is 0.206. The van der Waals surface area contributed by atoms with Gasteiger partial charge in [0.15, 0.2) is 0 Å². The molecule has 1 unspecified atom stereocenters. The summed E-state index contributed by atoms with van der Waals surface area (Å²) in [6, 6.07) is 27.4. The van der Waals surface area contributed by atoms with Gasteiger partial charge < -0.3 is 20.7 Å². The first-order chi connectivity index (χ1) is 22.1. The van der Waals surface area contributed by atoms with Crippen LogP contribution in [0.4, 0.5) is 19.0 Å². The number of hydrogen-bond donors (Lipinski definition) is 3.